The normalized spacial score (nSPS) is 11.4. The molecule has 0 fully saturated rings. The average Bonchev–Trinajstić information content (AvgIpc) is 3.57. The van der Waals surface area contributed by atoms with E-state index in [1.165, 1.54) is 0 Å². The van der Waals surface area contributed by atoms with Crippen molar-refractivity contribution in [2.75, 3.05) is 7.11 Å². The van der Waals surface area contributed by atoms with E-state index >= 15 is 0 Å². The number of fused-ring (bicyclic) bond motifs is 2. The highest BCUT2D eigenvalue weighted by molar-refractivity contribution is 5.94. The van der Waals surface area contributed by atoms with Crippen LogP contribution in [0.1, 0.15) is 0 Å². The molecule has 6 heterocycles. The number of rotatable bonds is 4. The van der Waals surface area contributed by atoms with E-state index in [2.05, 4.69) is 25.1 Å². The van der Waals surface area contributed by atoms with Crippen molar-refractivity contribution in [3.05, 3.63) is 61.4 Å². The number of aromatic nitrogens is 7. The monoisotopic (exact) mass is 409 g/mol. The summed E-state index contributed by atoms with van der Waals surface area (Å²) in [6, 6.07) is 9.49. The lowest BCUT2D eigenvalue weighted by Crippen LogP contribution is -1.89. The third kappa shape index (κ3) is 2.83. The molecule has 0 radical (unpaired) electrons. The van der Waals surface area contributed by atoms with Crippen molar-refractivity contribution in [2.45, 2.75) is 0 Å². The maximum Gasteiger partial charge on any atom is 0.161 e. The smallest absolute Gasteiger partial charge is 0.161 e. The van der Waals surface area contributed by atoms with E-state index in [1.807, 2.05) is 30.3 Å². The van der Waals surface area contributed by atoms with Gasteiger partial charge < -0.3 is 14.1 Å². The SMILES string of the molecule is COc1cncc(-c2ccc3[nH]nc(-c4nc5c(-c6ccoc6)nccc5[nH]4)c3n2)c1. The molecule has 0 aliphatic rings. The number of hydrogen-bond donors (Lipinski definition) is 2. The average molecular weight is 409 g/mol. The van der Waals surface area contributed by atoms with Crippen LogP contribution in [0.5, 0.6) is 5.75 Å². The molecule has 31 heavy (non-hydrogen) atoms. The molecule has 150 valence electrons. The molecule has 9 nitrogen and oxygen atoms in total. The molecule has 0 unspecified atom stereocenters. The number of nitrogens with zero attached hydrogens (tertiary/aromatic N) is 5. The minimum absolute atomic E-state index is 0.604. The van der Waals surface area contributed by atoms with Gasteiger partial charge in [-0.2, -0.15) is 5.10 Å². The van der Waals surface area contributed by atoms with E-state index in [9.17, 15) is 0 Å². The van der Waals surface area contributed by atoms with Crippen molar-refractivity contribution in [2.24, 2.45) is 0 Å². The largest absolute Gasteiger partial charge is 0.495 e. The molecule has 6 rings (SSSR count). The second-order valence-corrected chi connectivity index (χ2v) is 6.93. The van der Waals surface area contributed by atoms with Crippen molar-refractivity contribution in [1.29, 1.82) is 0 Å². The third-order valence-corrected chi connectivity index (χ3v) is 5.07. The molecule has 6 aromatic heterocycles. The zero-order chi connectivity index (χ0) is 20.8. The van der Waals surface area contributed by atoms with Gasteiger partial charge in [0.15, 0.2) is 11.5 Å². The van der Waals surface area contributed by atoms with Crippen molar-refractivity contribution in [1.82, 2.24) is 35.1 Å². The summed E-state index contributed by atoms with van der Waals surface area (Å²) < 4.78 is 10.5. The maximum atomic E-state index is 5.28. The van der Waals surface area contributed by atoms with Crippen molar-refractivity contribution < 1.29 is 9.15 Å². The highest BCUT2D eigenvalue weighted by atomic mass is 16.5. The highest BCUT2D eigenvalue weighted by Crippen LogP contribution is 2.31. The van der Waals surface area contributed by atoms with Gasteiger partial charge >= 0.3 is 0 Å². The second kappa shape index (κ2) is 6.77. The Morgan fingerprint density at radius 2 is 1.87 bits per heavy atom. The summed E-state index contributed by atoms with van der Waals surface area (Å²) in [4.78, 5) is 21.6. The van der Waals surface area contributed by atoms with Crippen LogP contribution in [0.3, 0.4) is 0 Å². The molecule has 0 spiro atoms. The summed E-state index contributed by atoms with van der Waals surface area (Å²) in [6.45, 7) is 0. The van der Waals surface area contributed by atoms with Crippen molar-refractivity contribution in [3.63, 3.8) is 0 Å². The number of H-pyrrole nitrogens is 2. The van der Waals surface area contributed by atoms with Gasteiger partial charge in [0.1, 0.15) is 22.5 Å². The lowest BCUT2D eigenvalue weighted by Gasteiger charge is -2.03. The molecule has 0 aliphatic carbocycles. The molecule has 0 amide bonds. The first-order chi connectivity index (χ1) is 15.3. The van der Waals surface area contributed by atoms with Crippen LogP contribution in [0.2, 0.25) is 0 Å². The van der Waals surface area contributed by atoms with Crippen molar-refractivity contribution >= 4 is 22.1 Å². The number of methoxy groups -OCH3 is 1. The van der Waals surface area contributed by atoms with Gasteiger partial charge in [0.25, 0.3) is 0 Å². The highest BCUT2D eigenvalue weighted by Gasteiger charge is 2.17. The Morgan fingerprint density at radius 1 is 0.935 bits per heavy atom. The number of pyridine rings is 3. The molecule has 0 saturated heterocycles. The van der Waals surface area contributed by atoms with Gasteiger partial charge in [0, 0.05) is 23.5 Å². The fourth-order valence-corrected chi connectivity index (χ4v) is 3.55. The lowest BCUT2D eigenvalue weighted by atomic mass is 10.1. The first-order valence-corrected chi connectivity index (χ1v) is 9.52. The van der Waals surface area contributed by atoms with Crippen LogP contribution in [0.25, 0.3) is 56.1 Å². The van der Waals surface area contributed by atoms with Gasteiger partial charge in [-0.25, -0.2) is 9.97 Å². The van der Waals surface area contributed by atoms with E-state index in [-0.39, 0.29) is 0 Å². The molecule has 0 aromatic carbocycles. The minimum Gasteiger partial charge on any atom is -0.495 e. The standard InChI is InChI=1S/C22H15N7O2/c1-30-14-8-13(9-23-10-14)15-2-3-17-20(25-15)21(29-28-17)22-26-16-4-6-24-18(19(16)27-22)12-5-7-31-11-12/h2-11H,1H3,(H,26,27)(H,28,29). The van der Waals surface area contributed by atoms with E-state index in [1.54, 1.807) is 38.2 Å². The molecular weight excluding hydrogens is 394 g/mol. The van der Waals surface area contributed by atoms with Crippen LogP contribution in [0, 0.1) is 0 Å². The Labute approximate surface area is 175 Å². The number of hydrogen-bond acceptors (Lipinski definition) is 7. The first kappa shape index (κ1) is 17.3. The number of nitrogens with one attached hydrogen (secondary N) is 2. The number of ether oxygens (including phenoxy) is 1. The van der Waals surface area contributed by atoms with E-state index in [0.29, 0.717) is 22.8 Å². The topological polar surface area (TPSA) is 118 Å². The summed E-state index contributed by atoms with van der Waals surface area (Å²) >= 11 is 0. The van der Waals surface area contributed by atoms with Gasteiger partial charge in [-0.1, -0.05) is 0 Å². The lowest BCUT2D eigenvalue weighted by molar-refractivity contribution is 0.413. The first-order valence-electron chi connectivity index (χ1n) is 9.52. The van der Waals surface area contributed by atoms with Gasteiger partial charge in [-0.3, -0.25) is 15.1 Å². The number of imidazole rings is 1. The molecule has 0 bridgehead atoms. The number of aromatic amines is 2. The Hall–Kier alpha value is -4.53. The summed E-state index contributed by atoms with van der Waals surface area (Å²) in [5.74, 6) is 1.27. The van der Waals surface area contributed by atoms with Crippen LogP contribution < -0.4 is 4.74 Å². The molecular formula is C22H15N7O2. The summed E-state index contributed by atoms with van der Waals surface area (Å²) in [6.07, 6.45) is 8.41. The van der Waals surface area contributed by atoms with E-state index in [4.69, 9.17) is 19.1 Å². The third-order valence-electron chi connectivity index (χ3n) is 5.07. The number of furan rings is 1. The summed E-state index contributed by atoms with van der Waals surface area (Å²) in [5, 5.41) is 7.49. The fraction of sp³-hybridized carbons (Fsp3) is 0.0455. The Bertz CT molecular complexity index is 1530. The predicted octanol–water partition coefficient (Wildman–Crippen LogP) is 4.23. The van der Waals surface area contributed by atoms with Crippen LogP contribution in [-0.4, -0.2) is 42.2 Å². The predicted molar refractivity (Wildman–Crippen MR) is 114 cm³/mol. The minimum atomic E-state index is 0.604. The van der Waals surface area contributed by atoms with Crippen LogP contribution in [0.15, 0.2) is 65.9 Å². The summed E-state index contributed by atoms with van der Waals surface area (Å²) in [5.41, 5.74) is 6.95. The summed E-state index contributed by atoms with van der Waals surface area (Å²) in [7, 11) is 1.61. The molecule has 0 atom stereocenters. The Morgan fingerprint density at radius 3 is 2.74 bits per heavy atom. The van der Waals surface area contributed by atoms with Gasteiger partial charge in [-0.05, 0) is 30.3 Å². The quantitative estimate of drug-likeness (QED) is 0.447. The zero-order valence-corrected chi connectivity index (χ0v) is 16.3. The van der Waals surface area contributed by atoms with Crippen LogP contribution >= 0.6 is 0 Å². The van der Waals surface area contributed by atoms with E-state index in [0.717, 1.165) is 39.1 Å². The zero-order valence-electron chi connectivity index (χ0n) is 16.3. The van der Waals surface area contributed by atoms with E-state index < -0.39 is 0 Å². The van der Waals surface area contributed by atoms with Gasteiger partial charge in [-0.15, -0.1) is 0 Å². The molecule has 9 heteroatoms. The van der Waals surface area contributed by atoms with Crippen molar-refractivity contribution in [3.8, 4) is 39.8 Å². The molecule has 0 saturated carbocycles. The Kier molecular flexibility index (Phi) is 3.79. The fourth-order valence-electron chi connectivity index (χ4n) is 3.55. The second-order valence-electron chi connectivity index (χ2n) is 6.93. The molecule has 6 aromatic rings. The van der Waals surface area contributed by atoms with Crippen LogP contribution in [-0.2, 0) is 0 Å². The molecule has 2 N–H and O–H groups in total. The van der Waals surface area contributed by atoms with Crippen LogP contribution in [0.4, 0.5) is 0 Å². The maximum absolute atomic E-state index is 5.28. The van der Waals surface area contributed by atoms with Gasteiger partial charge in [0.2, 0.25) is 0 Å². The Balaban J connectivity index is 1.50. The molecule has 0 aliphatic heterocycles. The van der Waals surface area contributed by atoms with Gasteiger partial charge in [0.05, 0.1) is 42.6 Å².